The largest absolute Gasteiger partial charge is 0.274 e. The average Bonchev–Trinajstić information content (AvgIpc) is 1.37. The third-order valence-electron chi connectivity index (χ3n) is 0.118. The van der Waals surface area contributed by atoms with Crippen molar-refractivity contribution < 1.29 is 0 Å². The maximum atomic E-state index is 4.96. The molecule has 0 rings (SSSR count). The molecule has 0 saturated heterocycles. The van der Waals surface area contributed by atoms with E-state index >= 15 is 0 Å². The Kier molecular flexibility index (Phi) is 4.43. The highest BCUT2D eigenvalue weighted by atomic mass is 32.7. The van der Waals surface area contributed by atoms with Crippen LogP contribution in [0.15, 0.2) is 0 Å². The Morgan fingerprint density at radius 1 is 2.00 bits per heavy atom. The van der Waals surface area contributed by atoms with Gasteiger partial charge in [-0.1, -0.05) is 11.6 Å². The van der Waals surface area contributed by atoms with Gasteiger partial charge >= 0.3 is 0 Å². The van der Waals surface area contributed by atoms with Crippen molar-refractivity contribution in [2.75, 3.05) is 6.66 Å². The molecule has 1 unspecified atom stereocenters. The molecule has 2 N–H and O–H groups in total. The first kappa shape index (κ1) is 4.74. The smallest absolute Gasteiger partial charge is 0.0367 e. The summed E-state index contributed by atoms with van der Waals surface area (Å²) in [6, 6.07) is 0. The summed E-state index contributed by atoms with van der Waals surface area (Å²) in [7, 11) is 0.835. The van der Waals surface area contributed by atoms with E-state index in [1.165, 1.54) is 11.6 Å². The van der Waals surface area contributed by atoms with E-state index < -0.39 is 0 Å². The Morgan fingerprint density at radius 3 is 2.25 bits per heavy atom. The molecule has 0 fully saturated rings. The minimum Gasteiger partial charge on any atom is -0.274 e. The van der Waals surface area contributed by atoms with Crippen LogP contribution in [0.1, 0.15) is 0 Å². The lowest BCUT2D eigenvalue weighted by Crippen LogP contribution is -1.61. The SMILES string of the molecule is CPSN. The Labute approximate surface area is 32.0 Å². The zero-order chi connectivity index (χ0) is 3.41. The average molecular weight is 95.1 g/mol. The van der Waals surface area contributed by atoms with Gasteiger partial charge in [0.25, 0.3) is 0 Å². The summed E-state index contributed by atoms with van der Waals surface area (Å²) in [6.45, 7) is 2.05. The highest BCUT2D eigenvalue weighted by Gasteiger charge is 1.54. The molecule has 4 heavy (non-hydrogen) atoms. The zero-order valence-corrected chi connectivity index (χ0v) is 4.30. The quantitative estimate of drug-likeness (QED) is 0.385. The summed E-state index contributed by atoms with van der Waals surface area (Å²) in [6.07, 6.45) is 0. The molecule has 0 aromatic rings. The maximum absolute atomic E-state index is 4.96. The summed E-state index contributed by atoms with van der Waals surface area (Å²) in [5.74, 6) is 0. The van der Waals surface area contributed by atoms with E-state index in [0.29, 0.717) is 0 Å². The highest BCUT2D eigenvalue weighted by molar-refractivity contribution is 8.48. The Balaban J connectivity index is 1.97. The van der Waals surface area contributed by atoms with Crippen LogP contribution in [0.25, 0.3) is 0 Å². The highest BCUT2D eigenvalue weighted by Crippen LogP contribution is 2.14. The summed E-state index contributed by atoms with van der Waals surface area (Å²) < 4.78 is 0. The van der Waals surface area contributed by atoms with Crippen molar-refractivity contribution in [2.45, 2.75) is 0 Å². The van der Waals surface area contributed by atoms with E-state index in [9.17, 15) is 0 Å². The van der Waals surface area contributed by atoms with Gasteiger partial charge in [0.2, 0.25) is 0 Å². The summed E-state index contributed by atoms with van der Waals surface area (Å²) >= 11 is 1.38. The molecule has 0 saturated carbocycles. The summed E-state index contributed by atoms with van der Waals surface area (Å²) in [5, 5.41) is 4.96. The fraction of sp³-hybridized carbons (Fsp3) is 1.00. The van der Waals surface area contributed by atoms with Crippen LogP contribution in [0.5, 0.6) is 0 Å². The van der Waals surface area contributed by atoms with Gasteiger partial charge in [-0.2, -0.15) is 0 Å². The number of hydrogen-bond acceptors (Lipinski definition) is 2. The second kappa shape index (κ2) is 3.74. The van der Waals surface area contributed by atoms with Gasteiger partial charge in [-0.25, -0.2) is 0 Å². The van der Waals surface area contributed by atoms with E-state index in [1.54, 1.807) is 0 Å². The van der Waals surface area contributed by atoms with Gasteiger partial charge < -0.3 is 0 Å². The Morgan fingerprint density at radius 2 is 2.25 bits per heavy atom. The molecule has 26 valence electrons. The fourth-order valence-electron chi connectivity index (χ4n) is 0. The molecule has 0 amide bonds. The number of nitrogens with two attached hydrogens (primary N) is 1. The van der Waals surface area contributed by atoms with Crippen LogP contribution in [-0.2, 0) is 0 Å². The lowest BCUT2D eigenvalue weighted by Gasteiger charge is -1.70. The molecule has 0 spiro atoms. The third kappa shape index (κ3) is 2.74. The second-order valence-corrected chi connectivity index (χ2v) is 2.90. The van der Waals surface area contributed by atoms with Gasteiger partial charge in [0.1, 0.15) is 0 Å². The predicted octanol–water partition coefficient (Wildman–Crippen LogP) is 0.817. The molecule has 3 heteroatoms. The van der Waals surface area contributed by atoms with E-state index in [-0.39, 0.29) is 0 Å². The number of hydrogen-bond donors (Lipinski definition) is 1. The molecular formula is CH6NPS. The van der Waals surface area contributed by atoms with Crippen LogP contribution < -0.4 is 5.14 Å². The maximum Gasteiger partial charge on any atom is -0.0367 e. The lowest BCUT2D eigenvalue weighted by molar-refractivity contribution is 2.07. The van der Waals surface area contributed by atoms with Crippen LogP contribution in [0, 0.1) is 0 Å². The van der Waals surface area contributed by atoms with Crippen LogP contribution in [0.4, 0.5) is 0 Å². The standard InChI is InChI=1S/CH6NPS/c1-3-4-2/h3H,2H2,1H3. The van der Waals surface area contributed by atoms with Crippen molar-refractivity contribution in [2.24, 2.45) is 5.14 Å². The molecule has 0 heterocycles. The Bertz CT molecular complexity index is 10.0. The van der Waals surface area contributed by atoms with Gasteiger partial charge in [-0.15, -0.1) is 0 Å². The van der Waals surface area contributed by atoms with Crippen molar-refractivity contribution in [3.05, 3.63) is 0 Å². The van der Waals surface area contributed by atoms with Crippen molar-refractivity contribution in [3.63, 3.8) is 0 Å². The van der Waals surface area contributed by atoms with Crippen LogP contribution in [-0.4, -0.2) is 6.66 Å². The van der Waals surface area contributed by atoms with Crippen molar-refractivity contribution in [3.8, 4) is 0 Å². The monoisotopic (exact) mass is 95.0 g/mol. The normalized spacial score (nSPS) is 10.5. The first-order valence-corrected chi connectivity index (χ1v) is 4.04. The molecular weight excluding hydrogens is 89.1 g/mol. The van der Waals surface area contributed by atoms with E-state index in [1.807, 2.05) is 6.66 Å². The first-order valence-electron chi connectivity index (χ1n) is 0.940. The van der Waals surface area contributed by atoms with E-state index in [0.717, 1.165) is 7.78 Å². The molecule has 0 aromatic heterocycles. The molecule has 1 nitrogen and oxygen atoms in total. The van der Waals surface area contributed by atoms with Gasteiger partial charge in [0, 0.05) is 0 Å². The lowest BCUT2D eigenvalue weighted by atomic mass is 12.0. The zero-order valence-electron chi connectivity index (χ0n) is 2.49. The topological polar surface area (TPSA) is 26.0 Å². The minimum atomic E-state index is 0.835. The fourth-order valence-corrected chi connectivity index (χ4v) is 0. The summed E-state index contributed by atoms with van der Waals surface area (Å²) in [5.41, 5.74) is 0. The van der Waals surface area contributed by atoms with Crippen molar-refractivity contribution in [1.29, 1.82) is 0 Å². The second-order valence-electron chi connectivity index (χ2n) is 0.322. The van der Waals surface area contributed by atoms with Crippen LogP contribution in [0.3, 0.4) is 0 Å². The van der Waals surface area contributed by atoms with Gasteiger partial charge in [0.05, 0.1) is 0 Å². The first-order chi connectivity index (χ1) is 1.91. The summed E-state index contributed by atoms with van der Waals surface area (Å²) in [4.78, 5) is 0. The molecule has 1 atom stereocenters. The molecule has 0 aliphatic heterocycles. The van der Waals surface area contributed by atoms with Crippen molar-refractivity contribution >= 4 is 19.4 Å². The Hall–Kier alpha value is 0.740. The van der Waals surface area contributed by atoms with E-state index in [2.05, 4.69) is 0 Å². The number of rotatable bonds is 1. The molecule has 0 aliphatic carbocycles. The third-order valence-corrected chi connectivity index (χ3v) is 1.06. The van der Waals surface area contributed by atoms with Gasteiger partial charge in [0.15, 0.2) is 0 Å². The molecule has 0 bridgehead atoms. The van der Waals surface area contributed by atoms with E-state index in [4.69, 9.17) is 5.14 Å². The molecule has 0 radical (unpaired) electrons. The van der Waals surface area contributed by atoms with Crippen LogP contribution >= 0.6 is 19.4 Å². The molecule has 0 aliphatic rings. The molecule has 0 aromatic carbocycles. The minimum absolute atomic E-state index is 0.835. The van der Waals surface area contributed by atoms with Crippen LogP contribution in [0.2, 0.25) is 0 Å². The van der Waals surface area contributed by atoms with Gasteiger partial charge in [-0.05, 0) is 14.4 Å². The van der Waals surface area contributed by atoms with Crippen molar-refractivity contribution in [1.82, 2.24) is 0 Å². The van der Waals surface area contributed by atoms with Gasteiger partial charge in [-0.3, -0.25) is 5.14 Å². The predicted molar refractivity (Wildman–Crippen MR) is 26.0 cm³/mol.